The van der Waals surface area contributed by atoms with Crippen LogP contribution in [0.15, 0.2) is 59.5 Å². The van der Waals surface area contributed by atoms with Gasteiger partial charge >= 0.3 is 41.6 Å². The Balaban J connectivity index is 0.00000432. The van der Waals surface area contributed by atoms with E-state index in [1.807, 2.05) is 6.07 Å². The molecule has 0 saturated carbocycles. The molecule has 2 amide bonds. The zero-order valence-corrected chi connectivity index (χ0v) is 18.9. The molecule has 10 nitrogen and oxygen atoms in total. The molecule has 1 atom stereocenters. The number of hydrogen-bond acceptors (Lipinski definition) is 6. The number of hydrogen-bond donors (Lipinski definition) is 4. The number of amides is 2. The molecular formula is C24H26N3NaO7. The summed E-state index contributed by atoms with van der Waals surface area (Å²) in [6, 6.07) is 11.9. The molecule has 1 heterocycles. The molecule has 4 N–H and O–H groups in total. The molecule has 0 spiro atoms. The molecule has 180 valence electrons. The summed E-state index contributed by atoms with van der Waals surface area (Å²) in [5, 5.41) is 24.3. The van der Waals surface area contributed by atoms with E-state index >= 15 is 0 Å². The van der Waals surface area contributed by atoms with Crippen molar-refractivity contribution in [1.29, 1.82) is 0 Å². The Hall–Kier alpha value is -3.47. The van der Waals surface area contributed by atoms with Gasteiger partial charge in [0, 0.05) is 18.8 Å². The van der Waals surface area contributed by atoms with E-state index in [1.54, 1.807) is 49.4 Å². The maximum absolute atomic E-state index is 12.6. The second kappa shape index (κ2) is 12.3. The second-order valence-electron chi connectivity index (χ2n) is 7.52. The van der Waals surface area contributed by atoms with Gasteiger partial charge in [-0.05, 0) is 36.8 Å². The molecule has 2 aromatic carbocycles. The van der Waals surface area contributed by atoms with Crippen LogP contribution in [-0.4, -0.2) is 63.4 Å². The summed E-state index contributed by atoms with van der Waals surface area (Å²) in [6.07, 6.45) is 1.03. The number of pyridine rings is 1. The number of carboxylic acids is 1. The Morgan fingerprint density at radius 1 is 1.09 bits per heavy atom. The number of aryl methyl sites for hydroxylation is 2. The first-order valence-electron chi connectivity index (χ1n) is 10.3. The third-order valence-electron chi connectivity index (χ3n) is 5.03. The third kappa shape index (κ3) is 7.01. The predicted molar refractivity (Wildman–Crippen MR) is 132 cm³/mol. The van der Waals surface area contributed by atoms with Crippen molar-refractivity contribution in [1.82, 2.24) is 9.88 Å². The fourth-order valence-electron chi connectivity index (χ4n) is 3.33. The number of urea groups is 1. The summed E-state index contributed by atoms with van der Waals surface area (Å²) >= 11 is 0. The molecular weight excluding hydrogens is 465 g/mol. The van der Waals surface area contributed by atoms with E-state index in [9.17, 15) is 24.6 Å². The summed E-state index contributed by atoms with van der Waals surface area (Å²) in [5.41, 5.74) is -0.00285. The number of benzene rings is 2. The number of aromatic nitrogens is 1. The van der Waals surface area contributed by atoms with E-state index in [2.05, 4.69) is 10.6 Å². The van der Waals surface area contributed by atoms with Gasteiger partial charge < -0.3 is 34.9 Å². The SMILES string of the molecule is COc1ccccc1Oc1ccc(C(CC(=O)O)NC(=O)Nc2c(O)c(C)cn(C)c2=O)cc1.[NaH]. The molecule has 0 aliphatic rings. The van der Waals surface area contributed by atoms with E-state index < -0.39 is 30.0 Å². The fraction of sp³-hybridized carbons (Fsp3) is 0.208. The molecule has 0 fully saturated rings. The van der Waals surface area contributed by atoms with E-state index in [0.717, 1.165) is 0 Å². The Morgan fingerprint density at radius 2 is 1.71 bits per heavy atom. The summed E-state index contributed by atoms with van der Waals surface area (Å²) in [7, 11) is 3.02. The first-order valence-corrected chi connectivity index (χ1v) is 10.3. The number of nitrogens with one attached hydrogen (secondary N) is 2. The summed E-state index contributed by atoms with van der Waals surface area (Å²) in [4.78, 5) is 36.3. The average molecular weight is 491 g/mol. The van der Waals surface area contributed by atoms with Crippen LogP contribution in [0.25, 0.3) is 0 Å². The van der Waals surface area contributed by atoms with Gasteiger partial charge in [0.2, 0.25) is 0 Å². The third-order valence-corrected chi connectivity index (χ3v) is 5.03. The van der Waals surface area contributed by atoms with Crippen LogP contribution in [-0.2, 0) is 11.8 Å². The molecule has 35 heavy (non-hydrogen) atoms. The number of nitrogens with zero attached hydrogens (tertiary/aromatic N) is 1. The summed E-state index contributed by atoms with van der Waals surface area (Å²) in [6.45, 7) is 1.58. The van der Waals surface area contributed by atoms with E-state index in [-0.39, 0.29) is 41.0 Å². The minimum absolute atomic E-state index is 0. The molecule has 1 unspecified atom stereocenters. The first kappa shape index (κ1) is 27.8. The van der Waals surface area contributed by atoms with Crippen molar-refractivity contribution >= 4 is 47.2 Å². The van der Waals surface area contributed by atoms with Crippen molar-refractivity contribution in [2.75, 3.05) is 12.4 Å². The number of aromatic hydroxyl groups is 1. The van der Waals surface area contributed by atoms with Crippen molar-refractivity contribution in [3.63, 3.8) is 0 Å². The number of aliphatic carboxylic acids is 1. The van der Waals surface area contributed by atoms with Gasteiger partial charge in [0.05, 0.1) is 19.6 Å². The standard InChI is InChI=1S/C24H25N3O7.Na.H/c1-14-13-27(2)23(31)21(22(14)30)26-24(32)25-17(12-20(28)29)15-8-10-16(11-9-15)34-19-7-5-4-6-18(19)33-3;;/h4-11,13,17,30H,12H2,1-3H3,(H,28,29)(H2,25,26,32);;. The quantitative estimate of drug-likeness (QED) is 0.355. The van der Waals surface area contributed by atoms with E-state index in [1.165, 1.54) is 24.9 Å². The molecule has 0 saturated heterocycles. The predicted octanol–water partition coefficient (Wildman–Crippen LogP) is 2.89. The zero-order valence-electron chi connectivity index (χ0n) is 18.9. The molecule has 0 aliphatic carbocycles. The molecule has 3 rings (SSSR count). The van der Waals surface area contributed by atoms with Gasteiger partial charge in [-0.25, -0.2) is 4.79 Å². The van der Waals surface area contributed by atoms with Crippen LogP contribution in [0.2, 0.25) is 0 Å². The van der Waals surface area contributed by atoms with Crippen LogP contribution in [0, 0.1) is 6.92 Å². The summed E-state index contributed by atoms with van der Waals surface area (Å²) < 4.78 is 12.3. The first-order chi connectivity index (χ1) is 16.2. The van der Waals surface area contributed by atoms with Gasteiger partial charge in [-0.15, -0.1) is 0 Å². The Bertz CT molecular complexity index is 1260. The monoisotopic (exact) mass is 491 g/mol. The van der Waals surface area contributed by atoms with Crippen molar-refractivity contribution < 1.29 is 29.3 Å². The van der Waals surface area contributed by atoms with Crippen molar-refractivity contribution in [3.8, 4) is 23.0 Å². The van der Waals surface area contributed by atoms with Crippen LogP contribution in [0.3, 0.4) is 0 Å². The van der Waals surface area contributed by atoms with Gasteiger partial charge in [0.1, 0.15) is 11.5 Å². The van der Waals surface area contributed by atoms with Gasteiger partial charge in [-0.3, -0.25) is 9.59 Å². The number of ether oxygens (including phenoxy) is 2. The van der Waals surface area contributed by atoms with Crippen LogP contribution >= 0.6 is 0 Å². The van der Waals surface area contributed by atoms with Gasteiger partial charge in [0.25, 0.3) is 5.56 Å². The molecule has 0 bridgehead atoms. The molecule has 0 radical (unpaired) electrons. The average Bonchev–Trinajstić information content (AvgIpc) is 2.81. The minimum atomic E-state index is -1.13. The Kier molecular flexibility index (Phi) is 9.76. The maximum atomic E-state index is 12.6. The van der Waals surface area contributed by atoms with Crippen molar-refractivity contribution in [2.24, 2.45) is 7.05 Å². The number of rotatable bonds is 8. The van der Waals surface area contributed by atoms with E-state index in [4.69, 9.17) is 9.47 Å². The van der Waals surface area contributed by atoms with Crippen LogP contribution in [0.5, 0.6) is 23.0 Å². The van der Waals surface area contributed by atoms with E-state index in [0.29, 0.717) is 28.4 Å². The van der Waals surface area contributed by atoms with Crippen LogP contribution in [0.1, 0.15) is 23.6 Å². The normalized spacial score (nSPS) is 11.1. The van der Waals surface area contributed by atoms with Crippen LogP contribution < -0.4 is 25.7 Å². The zero-order chi connectivity index (χ0) is 24.8. The van der Waals surface area contributed by atoms with Gasteiger partial charge in [-0.1, -0.05) is 24.3 Å². The second-order valence-corrected chi connectivity index (χ2v) is 7.52. The number of carboxylic acid groups (broad SMARTS) is 1. The number of carbonyl (C=O) groups is 2. The fourth-order valence-corrected chi connectivity index (χ4v) is 3.33. The Morgan fingerprint density at radius 3 is 2.31 bits per heavy atom. The molecule has 11 heteroatoms. The number of methoxy groups -OCH3 is 1. The number of anilines is 1. The summed E-state index contributed by atoms with van der Waals surface area (Å²) in [5.74, 6) is 0.0656. The van der Waals surface area contributed by atoms with Gasteiger partial charge in [-0.2, -0.15) is 0 Å². The van der Waals surface area contributed by atoms with Gasteiger partial charge in [0.15, 0.2) is 17.2 Å². The molecule has 3 aromatic rings. The topological polar surface area (TPSA) is 139 Å². The Labute approximate surface area is 223 Å². The van der Waals surface area contributed by atoms with Crippen LogP contribution in [0.4, 0.5) is 10.5 Å². The van der Waals surface area contributed by atoms with Crippen molar-refractivity contribution in [3.05, 3.63) is 76.2 Å². The molecule has 1 aromatic heterocycles. The molecule has 0 aliphatic heterocycles. The number of carbonyl (C=O) groups excluding carboxylic acids is 1. The van der Waals surface area contributed by atoms with Crippen molar-refractivity contribution in [2.45, 2.75) is 19.4 Å². The number of para-hydroxylation sites is 2.